The Balaban J connectivity index is 0.000000927. The molecule has 5 aromatic carbocycles. The molecular weight excluding hydrogens is 720 g/mol. The Morgan fingerprint density at radius 1 is 0.411 bits per heavy atom. The second-order valence-electron chi connectivity index (χ2n) is 13.3. The lowest BCUT2D eigenvalue weighted by Gasteiger charge is -2.17. The van der Waals surface area contributed by atoms with Crippen molar-refractivity contribution in [3.8, 4) is 57.5 Å². The molecule has 0 saturated heterocycles. The summed E-state index contributed by atoms with van der Waals surface area (Å²) in [6.45, 7) is 3.65. The summed E-state index contributed by atoms with van der Waals surface area (Å²) in [7, 11) is 7.67. The fourth-order valence-electron chi connectivity index (χ4n) is 6.85. The Morgan fingerprint density at radius 3 is 0.732 bits per heavy atom. The van der Waals surface area contributed by atoms with Gasteiger partial charge in [-0.2, -0.15) is 0 Å². The van der Waals surface area contributed by atoms with Crippen LogP contribution < -0.4 is 23.7 Å². The minimum Gasteiger partial charge on any atom is -0.508 e. The van der Waals surface area contributed by atoms with E-state index in [0.717, 1.165) is 0 Å². The summed E-state index contributed by atoms with van der Waals surface area (Å²) in [6.07, 6.45) is 1.12. The topological polar surface area (TPSA) is 174 Å². The molecule has 0 unspecified atom stereocenters. The number of methoxy groups -OCH3 is 5. The van der Waals surface area contributed by atoms with Crippen molar-refractivity contribution in [2.24, 2.45) is 0 Å². The first-order valence-electron chi connectivity index (χ1n) is 17.9. The lowest BCUT2D eigenvalue weighted by Crippen LogP contribution is -2.01. The third kappa shape index (κ3) is 9.08. The van der Waals surface area contributed by atoms with E-state index in [4.69, 9.17) is 23.7 Å². The number of aromatic hydroxyl groups is 5. The molecule has 0 amide bonds. The quantitative estimate of drug-likeness (QED) is 0.109. The number of ether oxygens (including phenoxy) is 6. The number of hydrogen-bond donors (Lipinski definition) is 5. The van der Waals surface area contributed by atoms with Crippen LogP contribution in [0.5, 0.6) is 57.5 Å². The molecule has 0 radical (unpaired) electrons. The Labute approximate surface area is 326 Å². The smallest absolute Gasteiger partial charge is 0.302 e. The highest BCUT2D eigenvalue weighted by Crippen LogP contribution is 2.41. The van der Waals surface area contributed by atoms with Crippen molar-refractivity contribution in [2.75, 3.05) is 42.2 Å². The average molecular weight is 769 g/mol. The van der Waals surface area contributed by atoms with Gasteiger partial charge in [-0.3, -0.25) is 4.79 Å². The molecule has 10 aliphatic rings. The minimum atomic E-state index is -0.211. The molecule has 0 spiro atoms. The number of phenols is 5. The molecule has 5 aromatic rings. The van der Waals surface area contributed by atoms with E-state index < -0.39 is 0 Å². The van der Waals surface area contributed by atoms with Gasteiger partial charge in [-0.25, -0.2) is 0 Å². The van der Waals surface area contributed by atoms with E-state index in [2.05, 4.69) is 4.74 Å². The van der Waals surface area contributed by atoms with Crippen LogP contribution in [-0.2, 0) is 41.6 Å². The molecule has 0 saturated carbocycles. The standard InChI is InChI=1S/C40H40O10.C4H8O2/c1-46-36-16-21-7-27-12-33(43)23(18-38(27)48-3)9-29-14-35(45)25(20-40(29)50-5)10-30-15-34(44)24(19-39(30)49-4)8-28-13-32(42)22(17-37(28)47-2)6-26(36)11-31(21)41;1-3-6-4(2)5/h11-20,41-45H,6-10H2,1-5H3;3H2,1-2H3. The summed E-state index contributed by atoms with van der Waals surface area (Å²) in [4.78, 5) is 9.82. The van der Waals surface area contributed by atoms with Crippen LogP contribution in [0, 0.1) is 0 Å². The molecule has 0 fully saturated rings. The third-order valence-electron chi connectivity index (χ3n) is 9.66. The number of benzene rings is 5. The number of esters is 1. The Morgan fingerprint density at radius 2 is 0.607 bits per heavy atom. The van der Waals surface area contributed by atoms with Gasteiger partial charge in [0.15, 0.2) is 0 Å². The van der Waals surface area contributed by atoms with Crippen LogP contribution in [0.15, 0.2) is 60.7 Å². The van der Waals surface area contributed by atoms with Gasteiger partial charge in [0.2, 0.25) is 0 Å². The average Bonchev–Trinajstić information content (AvgIpc) is 3.16. The van der Waals surface area contributed by atoms with Gasteiger partial charge in [-0.05, 0) is 67.6 Å². The highest BCUT2D eigenvalue weighted by Gasteiger charge is 2.21. The number of carbonyl (C=O) groups excluding carboxylic acids is 1. The summed E-state index contributed by atoms with van der Waals surface area (Å²) >= 11 is 0. The fraction of sp³-hybridized carbons (Fsp3) is 0.295. The van der Waals surface area contributed by atoms with Crippen LogP contribution in [0.4, 0.5) is 0 Å². The largest absolute Gasteiger partial charge is 0.508 e. The molecule has 0 atom stereocenters. The van der Waals surface area contributed by atoms with Crippen LogP contribution in [0.3, 0.4) is 0 Å². The van der Waals surface area contributed by atoms with Gasteiger partial charge in [0.1, 0.15) is 57.5 Å². The number of hydrogen-bond acceptors (Lipinski definition) is 12. The lowest BCUT2D eigenvalue weighted by molar-refractivity contribution is -0.140. The van der Waals surface area contributed by atoms with Gasteiger partial charge in [0, 0.05) is 94.7 Å². The number of rotatable bonds is 6. The monoisotopic (exact) mass is 768 g/mol. The van der Waals surface area contributed by atoms with Gasteiger partial charge in [0.05, 0.1) is 42.2 Å². The van der Waals surface area contributed by atoms with Crippen molar-refractivity contribution in [3.05, 3.63) is 116 Å². The highest BCUT2D eigenvalue weighted by atomic mass is 16.5. The molecule has 10 bridgehead atoms. The van der Waals surface area contributed by atoms with Crippen LogP contribution in [0.2, 0.25) is 0 Å². The summed E-state index contributed by atoms with van der Waals surface area (Å²) < 4.78 is 33.0. The van der Waals surface area contributed by atoms with E-state index in [0.29, 0.717) is 91.0 Å². The number of carbonyl (C=O) groups is 1. The van der Waals surface area contributed by atoms with Gasteiger partial charge >= 0.3 is 5.97 Å². The first-order chi connectivity index (χ1) is 26.8. The van der Waals surface area contributed by atoms with Gasteiger partial charge in [-0.1, -0.05) is 0 Å². The van der Waals surface area contributed by atoms with Crippen molar-refractivity contribution in [3.63, 3.8) is 0 Å². The Bertz CT molecular complexity index is 1880. The zero-order valence-corrected chi connectivity index (χ0v) is 32.6. The van der Waals surface area contributed by atoms with Gasteiger partial charge in [0.25, 0.3) is 0 Å². The minimum absolute atomic E-state index is 0.00758. The zero-order valence-electron chi connectivity index (χ0n) is 32.6. The van der Waals surface area contributed by atoms with E-state index >= 15 is 0 Å². The Hall–Kier alpha value is -6.43. The van der Waals surface area contributed by atoms with Crippen molar-refractivity contribution in [1.29, 1.82) is 0 Å². The van der Waals surface area contributed by atoms with Crippen LogP contribution in [0.25, 0.3) is 0 Å². The van der Waals surface area contributed by atoms with E-state index in [1.165, 1.54) is 42.5 Å². The molecule has 5 N–H and O–H groups in total. The van der Waals surface area contributed by atoms with E-state index in [1.807, 2.05) is 0 Å². The molecule has 12 nitrogen and oxygen atoms in total. The normalized spacial score (nSPS) is 12.0. The van der Waals surface area contributed by atoms with Crippen LogP contribution >= 0.6 is 0 Å². The molecule has 296 valence electrons. The summed E-state index contributed by atoms with van der Waals surface area (Å²) in [5.41, 5.74) is 5.89. The third-order valence-corrected chi connectivity index (χ3v) is 9.66. The molecule has 0 aromatic heterocycles. The first kappa shape index (κ1) is 40.7. The summed E-state index contributed by atoms with van der Waals surface area (Å²) in [6, 6.07) is 16.7. The predicted octanol–water partition coefficient (Wildman–Crippen LogP) is 7.09. The van der Waals surface area contributed by atoms with Crippen molar-refractivity contribution >= 4 is 5.97 Å². The summed E-state index contributed by atoms with van der Waals surface area (Å²) in [5, 5.41) is 55.9. The maximum Gasteiger partial charge on any atom is 0.302 e. The maximum absolute atomic E-state index is 11.2. The number of phenolic OH excluding ortho intramolecular Hbond substituents is 5. The first-order valence-corrected chi connectivity index (χ1v) is 17.9. The Kier molecular flexibility index (Phi) is 13.0. The molecule has 0 aliphatic heterocycles. The predicted molar refractivity (Wildman–Crippen MR) is 210 cm³/mol. The van der Waals surface area contributed by atoms with Gasteiger partial charge < -0.3 is 54.0 Å². The SMILES string of the molecule is CCOC(C)=O.COc1cc2c(O)cc1Cc1cc(OC)c(cc1O)Cc1cc(OC)c(cc1O)Cc1cc(OC)c(cc1O)Cc1cc(OC)c(cc1O)C2. The molecule has 0 heterocycles. The van der Waals surface area contributed by atoms with E-state index in [1.54, 1.807) is 67.6 Å². The van der Waals surface area contributed by atoms with Crippen LogP contribution in [0.1, 0.15) is 69.5 Å². The maximum atomic E-state index is 11.2. The molecular formula is C44H48O12. The summed E-state index contributed by atoms with van der Waals surface area (Å²) in [5.74, 6) is 2.32. The van der Waals surface area contributed by atoms with Crippen molar-refractivity contribution in [2.45, 2.75) is 46.0 Å². The van der Waals surface area contributed by atoms with Gasteiger partial charge in [-0.15, -0.1) is 0 Å². The molecule has 12 heteroatoms. The van der Waals surface area contributed by atoms with Crippen molar-refractivity contribution in [1.82, 2.24) is 0 Å². The fourth-order valence-corrected chi connectivity index (χ4v) is 6.85. The van der Waals surface area contributed by atoms with Crippen molar-refractivity contribution < 1.29 is 58.7 Å². The second kappa shape index (κ2) is 17.8. The van der Waals surface area contributed by atoms with E-state index in [9.17, 15) is 30.3 Å². The van der Waals surface area contributed by atoms with Crippen LogP contribution in [-0.4, -0.2) is 73.7 Å². The molecule has 56 heavy (non-hydrogen) atoms. The zero-order chi connectivity index (χ0) is 40.7. The molecule has 15 rings (SSSR count). The highest BCUT2D eigenvalue weighted by molar-refractivity contribution is 5.65. The molecule has 10 aliphatic carbocycles. The lowest BCUT2D eigenvalue weighted by atomic mass is 9.94. The van der Waals surface area contributed by atoms with E-state index in [-0.39, 0.29) is 66.8 Å². The second-order valence-corrected chi connectivity index (χ2v) is 13.3.